The number of rotatable bonds is 3. The number of nitrogens with one attached hydrogen (secondary N) is 1. The van der Waals surface area contributed by atoms with E-state index in [1.54, 1.807) is 35.6 Å². The molecule has 1 unspecified atom stereocenters. The Morgan fingerprint density at radius 2 is 2.10 bits per heavy atom. The molecule has 4 aromatic rings. The van der Waals surface area contributed by atoms with E-state index in [0.717, 1.165) is 29.7 Å². The predicted octanol–water partition coefficient (Wildman–Crippen LogP) is 4.94. The van der Waals surface area contributed by atoms with Crippen molar-refractivity contribution in [3.8, 4) is 22.9 Å². The molecule has 146 valence electrons. The van der Waals surface area contributed by atoms with Gasteiger partial charge in [-0.3, -0.25) is 14.9 Å². The molecule has 1 N–H and O–H groups in total. The third-order valence-electron chi connectivity index (χ3n) is 5.35. The van der Waals surface area contributed by atoms with Gasteiger partial charge in [0.15, 0.2) is 11.6 Å². The van der Waals surface area contributed by atoms with Crippen LogP contribution in [0.15, 0.2) is 45.6 Å². The average Bonchev–Trinajstić information content (AvgIpc) is 3.32. The number of fused-ring (bicyclic) bond motifs is 3. The number of furan rings is 1. The van der Waals surface area contributed by atoms with Crippen LogP contribution in [0, 0.1) is 16.0 Å². The van der Waals surface area contributed by atoms with E-state index in [1.165, 1.54) is 17.0 Å². The smallest absolute Gasteiger partial charge is 0.270 e. The molecule has 29 heavy (non-hydrogen) atoms. The summed E-state index contributed by atoms with van der Waals surface area (Å²) in [6.07, 6.45) is 2.99. The third-order valence-corrected chi connectivity index (χ3v) is 6.49. The molecular weight excluding hydrogens is 390 g/mol. The quantitative estimate of drug-likeness (QED) is 0.383. The first-order chi connectivity index (χ1) is 14.0. The molecule has 0 bridgehead atoms. The number of benzene rings is 1. The molecule has 0 saturated carbocycles. The highest BCUT2D eigenvalue weighted by molar-refractivity contribution is 7.18. The van der Waals surface area contributed by atoms with Gasteiger partial charge in [-0.05, 0) is 42.9 Å². The zero-order valence-electron chi connectivity index (χ0n) is 15.6. The van der Waals surface area contributed by atoms with Gasteiger partial charge >= 0.3 is 0 Å². The minimum Gasteiger partial charge on any atom is -0.453 e. The van der Waals surface area contributed by atoms with Crippen molar-refractivity contribution in [3.63, 3.8) is 0 Å². The van der Waals surface area contributed by atoms with Crippen molar-refractivity contribution in [1.82, 2.24) is 9.97 Å². The summed E-state index contributed by atoms with van der Waals surface area (Å²) in [6, 6.07) is 9.67. The minimum absolute atomic E-state index is 0.00760. The van der Waals surface area contributed by atoms with Crippen molar-refractivity contribution in [2.24, 2.45) is 5.92 Å². The van der Waals surface area contributed by atoms with Crippen molar-refractivity contribution in [2.75, 3.05) is 0 Å². The van der Waals surface area contributed by atoms with E-state index < -0.39 is 4.92 Å². The number of H-pyrrole nitrogens is 1. The lowest BCUT2D eigenvalue weighted by Crippen LogP contribution is -2.13. The van der Waals surface area contributed by atoms with Crippen molar-refractivity contribution in [2.45, 2.75) is 26.2 Å². The summed E-state index contributed by atoms with van der Waals surface area (Å²) in [4.78, 5) is 32.8. The molecule has 3 heterocycles. The summed E-state index contributed by atoms with van der Waals surface area (Å²) in [6.45, 7) is 2.23. The first-order valence-electron chi connectivity index (χ1n) is 9.39. The maximum Gasteiger partial charge on any atom is 0.270 e. The Bertz CT molecular complexity index is 1320. The van der Waals surface area contributed by atoms with E-state index in [2.05, 4.69) is 16.9 Å². The predicted molar refractivity (Wildman–Crippen MR) is 111 cm³/mol. The topological polar surface area (TPSA) is 102 Å². The van der Waals surface area contributed by atoms with Crippen LogP contribution in [0.3, 0.4) is 0 Å². The summed E-state index contributed by atoms with van der Waals surface area (Å²) < 4.78 is 5.86. The van der Waals surface area contributed by atoms with Crippen LogP contribution in [-0.2, 0) is 12.8 Å². The lowest BCUT2D eigenvalue weighted by Gasteiger charge is -2.17. The van der Waals surface area contributed by atoms with E-state index in [9.17, 15) is 14.9 Å². The van der Waals surface area contributed by atoms with E-state index in [0.29, 0.717) is 34.2 Å². The van der Waals surface area contributed by atoms with Crippen molar-refractivity contribution in [3.05, 3.63) is 67.3 Å². The molecule has 7 nitrogen and oxygen atoms in total. The van der Waals surface area contributed by atoms with Crippen LogP contribution in [0.4, 0.5) is 5.69 Å². The van der Waals surface area contributed by atoms with Gasteiger partial charge in [-0.15, -0.1) is 11.3 Å². The molecule has 0 aliphatic heterocycles. The van der Waals surface area contributed by atoms with E-state index in [4.69, 9.17) is 4.42 Å². The molecule has 0 saturated heterocycles. The van der Waals surface area contributed by atoms with E-state index >= 15 is 0 Å². The number of aryl methyl sites for hydroxylation is 1. The Labute approximate surface area is 169 Å². The Kier molecular flexibility index (Phi) is 4.09. The first-order valence-corrected chi connectivity index (χ1v) is 10.2. The molecule has 1 aliphatic carbocycles. The average molecular weight is 407 g/mol. The number of nitro benzene ring substituents is 1. The van der Waals surface area contributed by atoms with Gasteiger partial charge in [-0.2, -0.15) is 0 Å². The van der Waals surface area contributed by atoms with Crippen LogP contribution in [0.1, 0.15) is 23.8 Å². The molecule has 0 fully saturated rings. The summed E-state index contributed by atoms with van der Waals surface area (Å²) in [7, 11) is 0. The fraction of sp³-hybridized carbons (Fsp3) is 0.238. The second kappa shape index (κ2) is 6.66. The van der Waals surface area contributed by atoms with Gasteiger partial charge in [0.25, 0.3) is 11.2 Å². The SMILES string of the molecule is CC1CCc2c(sc3nc(-c4ccc(-c5cccc([N+](=O)[O-])c5)o4)[nH]c(=O)c23)C1. The Morgan fingerprint density at radius 1 is 1.28 bits per heavy atom. The number of aromatic nitrogens is 2. The molecule has 0 radical (unpaired) electrons. The van der Waals surface area contributed by atoms with Crippen molar-refractivity contribution < 1.29 is 9.34 Å². The first kappa shape index (κ1) is 17.8. The van der Waals surface area contributed by atoms with Gasteiger partial charge in [0.05, 0.1) is 10.3 Å². The van der Waals surface area contributed by atoms with Gasteiger partial charge in [-0.1, -0.05) is 19.1 Å². The molecule has 0 spiro atoms. The third kappa shape index (κ3) is 3.05. The van der Waals surface area contributed by atoms with Crippen LogP contribution in [-0.4, -0.2) is 14.9 Å². The van der Waals surface area contributed by atoms with Gasteiger partial charge in [0.2, 0.25) is 0 Å². The van der Waals surface area contributed by atoms with Crippen LogP contribution in [0.5, 0.6) is 0 Å². The van der Waals surface area contributed by atoms with Gasteiger partial charge in [-0.25, -0.2) is 4.98 Å². The Balaban J connectivity index is 1.56. The number of nitrogens with zero attached hydrogens (tertiary/aromatic N) is 2. The minimum atomic E-state index is -0.445. The zero-order valence-corrected chi connectivity index (χ0v) is 16.4. The van der Waals surface area contributed by atoms with Gasteiger partial charge in [0.1, 0.15) is 10.6 Å². The molecule has 8 heteroatoms. The molecular formula is C21H17N3O4S. The number of thiophene rings is 1. The van der Waals surface area contributed by atoms with E-state index in [1.807, 2.05) is 0 Å². The van der Waals surface area contributed by atoms with Crippen molar-refractivity contribution >= 4 is 27.2 Å². The molecule has 1 atom stereocenters. The van der Waals surface area contributed by atoms with Crippen LogP contribution >= 0.6 is 11.3 Å². The number of hydrogen-bond donors (Lipinski definition) is 1. The summed E-state index contributed by atoms with van der Waals surface area (Å²) in [5, 5.41) is 11.7. The summed E-state index contributed by atoms with van der Waals surface area (Å²) in [5.41, 5.74) is 1.58. The van der Waals surface area contributed by atoms with Gasteiger partial charge < -0.3 is 9.40 Å². The largest absolute Gasteiger partial charge is 0.453 e. The Hall–Kier alpha value is -3.26. The normalized spacial score (nSPS) is 16.1. The second-order valence-electron chi connectivity index (χ2n) is 7.42. The monoisotopic (exact) mass is 407 g/mol. The lowest BCUT2D eigenvalue weighted by molar-refractivity contribution is -0.384. The van der Waals surface area contributed by atoms with Crippen molar-refractivity contribution in [1.29, 1.82) is 0 Å². The maximum atomic E-state index is 12.8. The fourth-order valence-electron chi connectivity index (χ4n) is 3.86. The number of aromatic amines is 1. The lowest BCUT2D eigenvalue weighted by atomic mass is 9.89. The highest BCUT2D eigenvalue weighted by Crippen LogP contribution is 2.36. The zero-order chi connectivity index (χ0) is 20.1. The highest BCUT2D eigenvalue weighted by atomic mass is 32.1. The van der Waals surface area contributed by atoms with E-state index in [-0.39, 0.29) is 11.2 Å². The molecule has 1 aromatic carbocycles. The number of nitro groups is 1. The van der Waals surface area contributed by atoms with Crippen LogP contribution in [0.25, 0.3) is 33.1 Å². The van der Waals surface area contributed by atoms with Gasteiger partial charge in [0, 0.05) is 22.6 Å². The molecule has 5 rings (SSSR count). The van der Waals surface area contributed by atoms with Crippen LogP contribution < -0.4 is 5.56 Å². The molecule has 1 aliphatic rings. The standard InChI is InChI=1S/C21H17N3O4S/c1-11-5-6-14-17(9-11)29-21-18(14)20(25)22-19(23-21)16-8-7-15(28-16)12-3-2-4-13(10-12)24(26)27/h2-4,7-8,10-11H,5-6,9H2,1H3,(H,22,23,25). The summed E-state index contributed by atoms with van der Waals surface area (Å²) >= 11 is 1.59. The molecule has 3 aromatic heterocycles. The molecule has 0 amide bonds. The Morgan fingerprint density at radius 3 is 2.93 bits per heavy atom. The fourth-order valence-corrected chi connectivity index (χ4v) is 5.24. The maximum absolute atomic E-state index is 12.8. The highest BCUT2D eigenvalue weighted by Gasteiger charge is 2.23. The summed E-state index contributed by atoms with van der Waals surface area (Å²) in [5.74, 6) is 1.89. The number of hydrogen-bond acceptors (Lipinski definition) is 6. The number of non-ortho nitro benzene ring substituents is 1. The van der Waals surface area contributed by atoms with Crippen LogP contribution in [0.2, 0.25) is 0 Å². The second-order valence-corrected chi connectivity index (χ2v) is 8.50.